The number of imide groups is 1. The van der Waals surface area contributed by atoms with Crippen LogP contribution in [0.2, 0.25) is 0 Å². The topological polar surface area (TPSA) is 46.6 Å². The van der Waals surface area contributed by atoms with Crippen LogP contribution in [-0.2, 0) is 9.53 Å². The van der Waals surface area contributed by atoms with Crippen molar-refractivity contribution in [1.82, 2.24) is 4.90 Å². The fraction of sp³-hybridized carbons (Fsp3) is 0.636. The summed E-state index contributed by atoms with van der Waals surface area (Å²) in [6.45, 7) is 8.34. The first kappa shape index (κ1) is 20.5. The summed E-state index contributed by atoms with van der Waals surface area (Å²) in [5, 5.41) is 0. The summed E-state index contributed by atoms with van der Waals surface area (Å²) in [5.74, 6) is 0.302. The zero-order valence-corrected chi connectivity index (χ0v) is 16.6. The fourth-order valence-electron chi connectivity index (χ4n) is 3.83. The Kier molecular flexibility index (Phi) is 7.67. The van der Waals surface area contributed by atoms with Gasteiger partial charge in [-0.05, 0) is 31.2 Å². The number of hydrogen-bond donors (Lipinski definition) is 0. The van der Waals surface area contributed by atoms with Gasteiger partial charge in [0.25, 0.3) is 0 Å². The molecule has 0 saturated carbocycles. The number of carbonyl (C=O) groups is 2. The highest BCUT2D eigenvalue weighted by Gasteiger charge is 2.44. The average molecular weight is 360 g/mol. The molecular formula is C22H33NO3. The Morgan fingerprint density at radius 3 is 2.50 bits per heavy atom. The van der Waals surface area contributed by atoms with Crippen molar-refractivity contribution in [2.75, 3.05) is 0 Å². The molecule has 1 aromatic rings. The first-order valence-corrected chi connectivity index (χ1v) is 10.1. The average Bonchev–Trinajstić information content (AvgIpc) is 2.94. The van der Waals surface area contributed by atoms with E-state index in [4.69, 9.17) is 4.74 Å². The Morgan fingerprint density at radius 2 is 1.88 bits per heavy atom. The Morgan fingerprint density at radius 1 is 1.19 bits per heavy atom. The summed E-state index contributed by atoms with van der Waals surface area (Å²) in [7, 11) is 0. The highest BCUT2D eigenvalue weighted by atomic mass is 16.6. The monoisotopic (exact) mass is 359 g/mol. The van der Waals surface area contributed by atoms with E-state index in [0.29, 0.717) is 5.92 Å². The first-order chi connectivity index (χ1) is 12.5. The third-order valence-electron chi connectivity index (χ3n) is 5.46. The molecule has 0 spiro atoms. The van der Waals surface area contributed by atoms with E-state index in [1.54, 1.807) is 0 Å². The number of carbonyl (C=O) groups excluding carboxylic acids is 2. The lowest BCUT2D eigenvalue weighted by atomic mass is 9.89. The molecule has 4 atom stereocenters. The quantitative estimate of drug-likeness (QED) is 0.529. The number of rotatable bonds is 9. The third-order valence-corrected chi connectivity index (χ3v) is 5.46. The molecule has 4 heteroatoms. The van der Waals surface area contributed by atoms with Crippen LogP contribution in [0.4, 0.5) is 4.79 Å². The maximum absolute atomic E-state index is 13.1. The molecule has 2 amide bonds. The van der Waals surface area contributed by atoms with Gasteiger partial charge >= 0.3 is 6.09 Å². The number of ether oxygens (including phenoxy) is 1. The number of benzene rings is 1. The molecule has 2 rings (SSSR count). The lowest BCUT2D eigenvalue weighted by Crippen LogP contribution is -2.42. The van der Waals surface area contributed by atoms with Crippen LogP contribution in [0.15, 0.2) is 30.3 Å². The lowest BCUT2D eigenvalue weighted by Gasteiger charge is -2.25. The normalized spacial score (nSPS) is 22.2. The predicted molar refractivity (Wildman–Crippen MR) is 104 cm³/mol. The number of hydrogen-bond acceptors (Lipinski definition) is 3. The van der Waals surface area contributed by atoms with Gasteiger partial charge in [-0.15, -0.1) is 0 Å². The van der Waals surface area contributed by atoms with E-state index in [1.807, 2.05) is 44.2 Å². The van der Waals surface area contributed by atoms with E-state index in [1.165, 1.54) is 24.2 Å². The van der Waals surface area contributed by atoms with Crippen LogP contribution in [0.25, 0.3) is 0 Å². The molecule has 1 heterocycles. The van der Waals surface area contributed by atoms with E-state index in [2.05, 4.69) is 13.8 Å². The van der Waals surface area contributed by atoms with Crippen molar-refractivity contribution in [1.29, 1.82) is 0 Å². The lowest BCUT2D eigenvalue weighted by molar-refractivity contribution is -0.134. The second-order valence-corrected chi connectivity index (χ2v) is 7.61. The summed E-state index contributed by atoms with van der Waals surface area (Å²) < 4.78 is 5.54. The van der Waals surface area contributed by atoms with Crippen LogP contribution in [0.1, 0.15) is 77.9 Å². The minimum absolute atomic E-state index is 0.0780. The summed E-state index contributed by atoms with van der Waals surface area (Å²) >= 11 is 0. The van der Waals surface area contributed by atoms with Crippen molar-refractivity contribution in [3.8, 4) is 0 Å². The molecule has 1 fully saturated rings. The van der Waals surface area contributed by atoms with Crippen molar-refractivity contribution in [3.63, 3.8) is 0 Å². The number of unbranched alkanes of at least 4 members (excludes halogenated alkanes) is 2. The van der Waals surface area contributed by atoms with Crippen molar-refractivity contribution in [2.24, 2.45) is 11.8 Å². The predicted octanol–water partition coefficient (Wildman–Crippen LogP) is 5.73. The van der Waals surface area contributed by atoms with E-state index in [9.17, 15) is 9.59 Å². The molecule has 1 aliphatic heterocycles. The zero-order valence-electron chi connectivity index (χ0n) is 16.6. The van der Waals surface area contributed by atoms with Gasteiger partial charge < -0.3 is 4.74 Å². The standard InChI is InChI=1S/C22H33NO3/c1-5-7-9-12-16(3)15-18(6-2)21(24)23-17(4)20(26-22(23)25)19-13-10-8-11-14-19/h8,10-11,13-14,16-18,20H,5-7,9,12,15H2,1-4H3/t16-,17?,18-,20?/m1/s1. The summed E-state index contributed by atoms with van der Waals surface area (Å²) in [5.41, 5.74) is 0.935. The molecule has 0 radical (unpaired) electrons. The van der Waals surface area contributed by atoms with Crippen LogP contribution in [0.5, 0.6) is 0 Å². The molecule has 0 N–H and O–H groups in total. The highest BCUT2D eigenvalue weighted by Crippen LogP contribution is 2.34. The molecule has 1 saturated heterocycles. The molecule has 4 nitrogen and oxygen atoms in total. The molecule has 144 valence electrons. The summed E-state index contributed by atoms with van der Waals surface area (Å²) in [6.07, 6.45) is 5.50. The largest absolute Gasteiger partial charge is 0.439 e. The van der Waals surface area contributed by atoms with Crippen molar-refractivity contribution in [3.05, 3.63) is 35.9 Å². The molecule has 2 unspecified atom stereocenters. The van der Waals surface area contributed by atoms with Gasteiger partial charge in [0.1, 0.15) is 6.10 Å². The number of cyclic esters (lactones) is 1. The minimum Gasteiger partial charge on any atom is -0.439 e. The molecule has 0 aliphatic carbocycles. The van der Waals surface area contributed by atoms with Gasteiger partial charge in [0, 0.05) is 5.92 Å². The molecule has 0 aromatic heterocycles. The molecular weight excluding hydrogens is 326 g/mol. The second kappa shape index (κ2) is 9.75. The Balaban J connectivity index is 2.03. The van der Waals surface area contributed by atoms with Crippen LogP contribution in [0, 0.1) is 11.8 Å². The Labute approximate surface area is 157 Å². The summed E-state index contributed by atoms with van der Waals surface area (Å²) in [6, 6.07) is 9.38. The van der Waals surface area contributed by atoms with Crippen LogP contribution in [-0.4, -0.2) is 22.9 Å². The van der Waals surface area contributed by atoms with E-state index in [0.717, 1.165) is 24.8 Å². The van der Waals surface area contributed by atoms with Gasteiger partial charge in [-0.2, -0.15) is 0 Å². The minimum atomic E-state index is -0.506. The smallest absolute Gasteiger partial charge is 0.417 e. The fourth-order valence-corrected chi connectivity index (χ4v) is 3.83. The number of nitrogens with zero attached hydrogens (tertiary/aromatic N) is 1. The summed E-state index contributed by atoms with van der Waals surface area (Å²) in [4.78, 5) is 26.8. The first-order valence-electron chi connectivity index (χ1n) is 10.1. The van der Waals surface area contributed by atoms with Crippen molar-refractivity contribution in [2.45, 2.75) is 78.4 Å². The Bertz CT molecular complexity index is 586. The molecule has 1 aliphatic rings. The Hall–Kier alpha value is -1.84. The van der Waals surface area contributed by atoms with Crippen LogP contribution in [0.3, 0.4) is 0 Å². The SMILES string of the molecule is CCCCC[C@@H](C)C[C@@H](CC)C(=O)N1C(=O)OC(c2ccccc2)C1C. The third kappa shape index (κ3) is 4.87. The van der Waals surface area contributed by atoms with Crippen LogP contribution < -0.4 is 0 Å². The van der Waals surface area contributed by atoms with Gasteiger partial charge in [-0.1, -0.05) is 76.8 Å². The van der Waals surface area contributed by atoms with Gasteiger partial charge in [0.2, 0.25) is 5.91 Å². The van der Waals surface area contributed by atoms with E-state index in [-0.39, 0.29) is 24.0 Å². The maximum atomic E-state index is 13.1. The maximum Gasteiger partial charge on any atom is 0.417 e. The van der Waals surface area contributed by atoms with Gasteiger partial charge in [0.15, 0.2) is 0 Å². The molecule has 0 bridgehead atoms. The zero-order chi connectivity index (χ0) is 19.1. The second-order valence-electron chi connectivity index (χ2n) is 7.61. The van der Waals surface area contributed by atoms with Crippen molar-refractivity contribution >= 4 is 12.0 Å². The number of amides is 2. The highest BCUT2D eigenvalue weighted by molar-refractivity contribution is 5.95. The van der Waals surface area contributed by atoms with Gasteiger partial charge in [0.05, 0.1) is 6.04 Å². The van der Waals surface area contributed by atoms with Gasteiger partial charge in [-0.3, -0.25) is 4.79 Å². The van der Waals surface area contributed by atoms with Gasteiger partial charge in [-0.25, -0.2) is 9.69 Å². The van der Waals surface area contributed by atoms with Crippen molar-refractivity contribution < 1.29 is 14.3 Å². The van der Waals surface area contributed by atoms with E-state index >= 15 is 0 Å². The molecule has 26 heavy (non-hydrogen) atoms. The van der Waals surface area contributed by atoms with Crippen LogP contribution >= 0.6 is 0 Å². The molecule has 1 aromatic carbocycles. The van der Waals surface area contributed by atoms with E-state index < -0.39 is 6.09 Å².